The Morgan fingerprint density at radius 2 is 2.18 bits per heavy atom. The molecular formula is C12H14ClN3S. The molecule has 0 fully saturated rings. The Hall–Kier alpha value is -1.13. The average Bonchev–Trinajstić information content (AvgIpc) is 2.66. The molecule has 5 heteroatoms. The van der Waals surface area contributed by atoms with Crippen molar-refractivity contribution in [2.75, 3.05) is 0 Å². The van der Waals surface area contributed by atoms with E-state index in [9.17, 15) is 0 Å². The van der Waals surface area contributed by atoms with Crippen LogP contribution in [0.2, 0.25) is 5.02 Å². The molecule has 0 bridgehead atoms. The molecule has 0 radical (unpaired) electrons. The van der Waals surface area contributed by atoms with Gasteiger partial charge >= 0.3 is 0 Å². The SMILES string of the molecule is Cc1cc2c(c(C)c1Cl)/C(=N/NC(N)=S)CC2. The number of halogens is 1. The number of hydrogen-bond acceptors (Lipinski definition) is 2. The van der Waals surface area contributed by atoms with Crippen molar-refractivity contribution in [3.63, 3.8) is 0 Å². The Balaban J connectivity index is 2.47. The van der Waals surface area contributed by atoms with Crippen molar-refractivity contribution in [1.29, 1.82) is 0 Å². The molecule has 0 saturated heterocycles. The van der Waals surface area contributed by atoms with Crippen molar-refractivity contribution in [3.05, 3.63) is 33.3 Å². The van der Waals surface area contributed by atoms with Gasteiger partial charge in [0.15, 0.2) is 5.11 Å². The van der Waals surface area contributed by atoms with E-state index in [1.807, 2.05) is 13.8 Å². The second-order valence-electron chi connectivity index (χ2n) is 4.20. The number of nitrogens with zero attached hydrogens (tertiary/aromatic N) is 1. The van der Waals surface area contributed by atoms with Gasteiger partial charge in [0, 0.05) is 10.6 Å². The lowest BCUT2D eigenvalue weighted by molar-refractivity contribution is 1.00. The maximum atomic E-state index is 6.26. The molecule has 0 aliphatic heterocycles. The van der Waals surface area contributed by atoms with Gasteiger partial charge in [-0.15, -0.1) is 0 Å². The van der Waals surface area contributed by atoms with Gasteiger partial charge in [0.2, 0.25) is 0 Å². The Kier molecular flexibility index (Phi) is 3.35. The molecule has 1 aliphatic carbocycles. The minimum Gasteiger partial charge on any atom is -0.375 e. The fourth-order valence-electron chi connectivity index (χ4n) is 2.25. The van der Waals surface area contributed by atoms with E-state index in [0.29, 0.717) is 0 Å². The summed E-state index contributed by atoms with van der Waals surface area (Å²) in [4.78, 5) is 0. The molecule has 3 nitrogen and oxygen atoms in total. The van der Waals surface area contributed by atoms with Crippen LogP contribution in [0.3, 0.4) is 0 Å². The Bertz CT molecular complexity index is 523. The van der Waals surface area contributed by atoms with Crippen LogP contribution in [0.5, 0.6) is 0 Å². The van der Waals surface area contributed by atoms with E-state index in [1.165, 1.54) is 5.56 Å². The first kappa shape index (κ1) is 12.3. The molecule has 0 atom stereocenters. The van der Waals surface area contributed by atoms with Crippen molar-refractivity contribution in [2.24, 2.45) is 10.8 Å². The number of thiocarbonyl (C=S) groups is 1. The molecular weight excluding hydrogens is 254 g/mol. The number of rotatable bonds is 1. The van der Waals surface area contributed by atoms with Gasteiger partial charge in [-0.25, -0.2) is 0 Å². The van der Waals surface area contributed by atoms with E-state index in [2.05, 4.69) is 16.6 Å². The van der Waals surface area contributed by atoms with Crippen LogP contribution in [0.4, 0.5) is 0 Å². The largest absolute Gasteiger partial charge is 0.375 e. The van der Waals surface area contributed by atoms with Crippen molar-refractivity contribution in [2.45, 2.75) is 26.7 Å². The zero-order valence-corrected chi connectivity index (χ0v) is 11.4. The Labute approximate surface area is 111 Å². The molecule has 1 aromatic rings. The molecule has 1 aliphatic rings. The lowest BCUT2D eigenvalue weighted by Crippen LogP contribution is -2.25. The highest BCUT2D eigenvalue weighted by atomic mass is 35.5. The van der Waals surface area contributed by atoms with Gasteiger partial charge in [0.05, 0.1) is 5.71 Å². The molecule has 2 rings (SSSR count). The second-order valence-corrected chi connectivity index (χ2v) is 5.02. The maximum Gasteiger partial charge on any atom is 0.184 e. The first-order chi connectivity index (χ1) is 8.00. The lowest BCUT2D eigenvalue weighted by atomic mass is 10.0. The molecule has 0 saturated carbocycles. The van der Waals surface area contributed by atoms with Crippen molar-refractivity contribution in [1.82, 2.24) is 5.43 Å². The summed E-state index contributed by atoms with van der Waals surface area (Å²) in [5.41, 5.74) is 13.6. The molecule has 1 aromatic carbocycles. The van der Waals surface area contributed by atoms with Gasteiger partial charge in [0.25, 0.3) is 0 Å². The minimum atomic E-state index is 0.182. The summed E-state index contributed by atoms with van der Waals surface area (Å²) in [6, 6.07) is 2.13. The monoisotopic (exact) mass is 267 g/mol. The van der Waals surface area contributed by atoms with Crippen LogP contribution in [-0.4, -0.2) is 10.8 Å². The van der Waals surface area contributed by atoms with Crippen LogP contribution >= 0.6 is 23.8 Å². The molecule has 90 valence electrons. The van der Waals surface area contributed by atoms with E-state index in [-0.39, 0.29) is 5.11 Å². The smallest absolute Gasteiger partial charge is 0.184 e. The van der Waals surface area contributed by atoms with Gasteiger partial charge < -0.3 is 5.73 Å². The normalized spacial score (nSPS) is 16.1. The summed E-state index contributed by atoms with van der Waals surface area (Å²) in [7, 11) is 0. The zero-order chi connectivity index (χ0) is 12.6. The molecule has 17 heavy (non-hydrogen) atoms. The van der Waals surface area contributed by atoms with Crippen molar-refractivity contribution >= 4 is 34.6 Å². The van der Waals surface area contributed by atoms with Gasteiger partial charge in [-0.3, -0.25) is 5.43 Å². The fraction of sp³-hybridized carbons (Fsp3) is 0.333. The second kappa shape index (κ2) is 4.63. The Morgan fingerprint density at radius 1 is 1.47 bits per heavy atom. The predicted octanol–water partition coefficient (Wildman–Crippen LogP) is 2.44. The van der Waals surface area contributed by atoms with Crippen LogP contribution in [0.25, 0.3) is 0 Å². The van der Waals surface area contributed by atoms with E-state index >= 15 is 0 Å². The van der Waals surface area contributed by atoms with E-state index < -0.39 is 0 Å². The van der Waals surface area contributed by atoms with Crippen LogP contribution in [-0.2, 0) is 6.42 Å². The van der Waals surface area contributed by atoms with Gasteiger partial charge in [-0.2, -0.15) is 5.10 Å². The summed E-state index contributed by atoms with van der Waals surface area (Å²) < 4.78 is 0. The number of hydrazone groups is 1. The van der Waals surface area contributed by atoms with Gasteiger partial charge in [0.1, 0.15) is 0 Å². The highest BCUT2D eigenvalue weighted by Crippen LogP contribution is 2.32. The highest BCUT2D eigenvalue weighted by molar-refractivity contribution is 7.80. The summed E-state index contributed by atoms with van der Waals surface area (Å²) in [6.07, 6.45) is 1.89. The van der Waals surface area contributed by atoms with Gasteiger partial charge in [-0.05, 0) is 55.6 Å². The molecule has 0 spiro atoms. The molecule has 0 aromatic heterocycles. The van der Waals surface area contributed by atoms with E-state index in [4.69, 9.17) is 29.6 Å². The predicted molar refractivity (Wildman–Crippen MR) is 75.7 cm³/mol. The third-order valence-corrected chi connectivity index (χ3v) is 3.66. The van der Waals surface area contributed by atoms with Crippen LogP contribution in [0, 0.1) is 13.8 Å². The molecule has 0 amide bonds. The number of fused-ring (bicyclic) bond motifs is 1. The quantitative estimate of drug-likeness (QED) is 0.607. The first-order valence-electron chi connectivity index (χ1n) is 5.41. The summed E-state index contributed by atoms with van der Waals surface area (Å²) in [5.74, 6) is 0. The summed E-state index contributed by atoms with van der Waals surface area (Å²) in [6.45, 7) is 4.05. The van der Waals surface area contributed by atoms with E-state index in [1.54, 1.807) is 0 Å². The van der Waals surface area contributed by atoms with Crippen LogP contribution in [0.1, 0.15) is 28.7 Å². The van der Waals surface area contributed by atoms with Crippen molar-refractivity contribution < 1.29 is 0 Å². The van der Waals surface area contributed by atoms with Crippen molar-refractivity contribution in [3.8, 4) is 0 Å². The standard InChI is InChI=1S/C12H14ClN3S/c1-6-5-8-3-4-9(15-16-12(14)17)10(8)7(2)11(6)13/h5H,3-4H2,1-2H3,(H3,14,16,17)/b15-9+. The first-order valence-corrected chi connectivity index (χ1v) is 6.20. The maximum absolute atomic E-state index is 6.26. The number of nitrogens with two attached hydrogens (primary N) is 1. The Morgan fingerprint density at radius 3 is 2.82 bits per heavy atom. The zero-order valence-electron chi connectivity index (χ0n) is 9.80. The van der Waals surface area contributed by atoms with Crippen LogP contribution < -0.4 is 11.2 Å². The molecule has 0 heterocycles. The van der Waals surface area contributed by atoms with Gasteiger partial charge in [-0.1, -0.05) is 17.7 Å². The molecule has 0 unspecified atom stereocenters. The number of nitrogens with one attached hydrogen (secondary N) is 1. The minimum absolute atomic E-state index is 0.182. The average molecular weight is 268 g/mol. The lowest BCUT2D eigenvalue weighted by Gasteiger charge is -2.10. The molecule has 3 N–H and O–H groups in total. The summed E-state index contributed by atoms with van der Waals surface area (Å²) >= 11 is 11.0. The highest BCUT2D eigenvalue weighted by Gasteiger charge is 2.22. The number of benzene rings is 1. The number of hydrogen-bond donors (Lipinski definition) is 2. The third-order valence-electron chi connectivity index (χ3n) is 2.98. The van der Waals surface area contributed by atoms with Crippen LogP contribution in [0.15, 0.2) is 11.2 Å². The topological polar surface area (TPSA) is 50.4 Å². The van der Waals surface area contributed by atoms with E-state index in [0.717, 1.165) is 40.3 Å². The number of aryl methyl sites for hydroxylation is 2. The summed E-state index contributed by atoms with van der Waals surface area (Å²) in [5, 5.41) is 5.23. The third kappa shape index (κ3) is 2.28. The fourth-order valence-corrected chi connectivity index (χ4v) is 2.45.